The molecule has 0 bridgehead atoms. The van der Waals surface area contributed by atoms with Crippen LogP contribution >= 0.6 is 0 Å². The molecule has 0 spiro atoms. The lowest BCUT2D eigenvalue weighted by atomic mass is 10.0. The van der Waals surface area contributed by atoms with Gasteiger partial charge in [-0.15, -0.1) is 0 Å². The number of carbonyl (C=O) groups is 2. The zero-order valence-electron chi connectivity index (χ0n) is 10.7. The highest BCUT2D eigenvalue weighted by Crippen LogP contribution is 2.10. The highest BCUT2D eigenvalue weighted by molar-refractivity contribution is 7.85. The highest BCUT2D eigenvalue weighted by atomic mass is 32.2. The minimum absolute atomic E-state index is 0.0844. The minimum atomic E-state index is -4.09. The van der Waals surface area contributed by atoms with Crippen molar-refractivity contribution in [2.75, 3.05) is 0 Å². The molecule has 1 aromatic rings. The minimum Gasteiger partial charge on any atom is -0.480 e. The van der Waals surface area contributed by atoms with Gasteiger partial charge < -0.3 is 10.4 Å². The van der Waals surface area contributed by atoms with Gasteiger partial charge in [-0.1, -0.05) is 24.3 Å². The van der Waals surface area contributed by atoms with Crippen molar-refractivity contribution in [2.24, 2.45) is 0 Å². The molecule has 3 N–H and O–H groups in total. The zero-order valence-corrected chi connectivity index (χ0v) is 11.6. The number of hydrogen-bond acceptors (Lipinski definition) is 4. The third kappa shape index (κ3) is 5.81. The van der Waals surface area contributed by atoms with Crippen molar-refractivity contribution >= 4 is 22.0 Å². The lowest BCUT2D eigenvalue weighted by Gasteiger charge is -2.13. The number of amides is 1. The summed E-state index contributed by atoms with van der Waals surface area (Å²) < 4.78 is 30.1. The van der Waals surface area contributed by atoms with Crippen LogP contribution in [0.4, 0.5) is 0 Å². The quantitative estimate of drug-likeness (QED) is 0.646. The monoisotopic (exact) mass is 301 g/mol. The van der Waals surface area contributed by atoms with Gasteiger partial charge in [0.05, 0.1) is 0 Å². The maximum absolute atomic E-state index is 11.0. The standard InChI is InChI=1S/C12H15NO6S/c1-8(14)13-11(12(15)16)6-9-2-4-10(5-3-9)7-20(17,18)19/h2-5,11H,6-7H2,1H3,(H,13,14)(H,15,16)(H,17,18,19)/t11-/m0/s1. The largest absolute Gasteiger partial charge is 0.480 e. The fourth-order valence-corrected chi connectivity index (χ4v) is 2.28. The molecule has 110 valence electrons. The van der Waals surface area contributed by atoms with Gasteiger partial charge >= 0.3 is 5.97 Å². The first-order valence-corrected chi connectivity index (χ1v) is 7.31. The molecule has 0 aliphatic rings. The van der Waals surface area contributed by atoms with E-state index in [2.05, 4.69) is 5.32 Å². The molecule has 0 saturated heterocycles. The Balaban J connectivity index is 2.77. The number of nitrogens with one attached hydrogen (secondary N) is 1. The average molecular weight is 301 g/mol. The second kappa shape index (κ2) is 6.49. The second-order valence-electron chi connectivity index (χ2n) is 4.34. The third-order valence-electron chi connectivity index (χ3n) is 2.49. The topological polar surface area (TPSA) is 121 Å². The third-order valence-corrected chi connectivity index (χ3v) is 3.19. The number of carbonyl (C=O) groups excluding carboxylic acids is 1. The molecule has 0 aliphatic carbocycles. The first-order valence-electron chi connectivity index (χ1n) is 5.70. The molecular weight excluding hydrogens is 286 g/mol. The molecule has 0 aliphatic heterocycles. The van der Waals surface area contributed by atoms with Gasteiger partial charge in [0, 0.05) is 13.3 Å². The number of carboxylic acids is 1. The Bertz CT molecular complexity index is 593. The van der Waals surface area contributed by atoms with Crippen molar-refractivity contribution in [3.63, 3.8) is 0 Å². The van der Waals surface area contributed by atoms with Gasteiger partial charge in [0.2, 0.25) is 5.91 Å². The van der Waals surface area contributed by atoms with Gasteiger partial charge in [0.1, 0.15) is 11.8 Å². The Morgan fingerprint density at radius 2 is 1.70 bits per heavy atom. The van der Waals surface area contributed by atoms with Crippen LogP contribution in [0.25, 0.3) is 0 Å². The summed E-state index contributed by atoms with van der Waals surface area (Å²) in [4.78, 5) is 21.9. The van der Waals surface area contributed by atoms with Crippen LogP contribution in [0.1, 0.15) is 18.1 Å². The smallest absolute Gasteiger partial charge is 0.326 e. The molecule has 0 saturated carbocycles. The molecule has 0 fully saturated rings. The van der Waals surface area contributed by atoms with E-state index in [0.29, 0.717) is 11.1 Å². The second-order valence-corrected chi connectivity index (χ2v) is 5.79. The van der Waals surface area contributed by atoms with Crippen molar-refractivity contribution < 1.29 is 27.7 Å². The summed E-state index contributed by atoms with van der Waals surface area (Å²) in [6.07, 6.45) is 0.0844. The van der Waals surface area contributed by atoms with E-state index in [-0.39, 0.29) is 6.42 Å². The summed E-state index contributed by atoms with van der Waals surface area (Å²) in [6.45, 7) is 1.23. The molecule has 8 heteroatoms. The lowest BCUT2D eigenvalue weighted by molar-refractivity contribution is -0.141. The molecule has 1 aromatic carbocycles. The van der Waals surface area contributed by atoms with Crippen LogP contribution in [0.5, 0.6) is 0 Å². The van der Waals surface area contributed by atoms with E-state index >= 15 is 0 Å². The van der Waals surface area contributed by atoms with Crippen LogP contribution in [0.3, 0.4) is 0 Å². The van der Waals surface area contributed by atoms with E-state index in [1.807, 2.05) is 0 Å². The van der Waals surface area contributed by atoms with Crippen molar-refractivity contribution in [2.45, 2.75) is 25.1 Å². The molecule has 0 aromatic heterocycles. The van der Waals surface area contributed by atoms with Crippen LogP contribution in [0.15, 0.2) is 24.3 Å². The van der Waals surface area contributed by atoms with Crippen LogP contribution < -0.4 is 5.32 Å². The summed E-state index contributed by atoms with van der Waals surface area (Å²) >= 11 is 0. The number of rotatable bonds is 6. The lowest BCUT2D eigenvalue weighted by Crippen LogP contribution is -2.41. The summed E-state index contributed by atoms with van der Waals surface area (Å²) in [5, 5.41) is 11.3. The van der Waals surface area contributed by atoms with Crippen LogP contribution in [0, 0.1) is 0 Å². The molecular formula is C12H15NO6S. The Labute approximate surface area is 116 Å². The SMILES string of the molecule is CC(=O)N[C@@H](Cc1ccc(CS(=O)(=O)O)cc1)C(=O)O. The van der Waals surface area contributed by atoms with Crippen molar-refractivity contribution in [1.29, 1.82) is 0 Å². The van der Waals surface area contributed by atoms with E-state index < -0.39 is 33.8 Å². The fraction of sp³-hybridized carbons (Fsp3) is 0.333. The van der Waals surface area contributed by atoms with Crippen LogP contribution in [-0.4, -0.2) is 36.0 Å². The number of aliphatic carboxylic acids is 1. The molecule has 20 heavy (non-hydrogen) atoms. The Morgan fingerprint density at radius 1 is 1.20 bits per heavy atom. The first-order chi connectivity index (χ1) is 9.17. The summed E-state index contributed by atoms with van der Waals surface area (Å²) in [7, 11) is -4.09. The Hall–Kier alpha value is -1.93. The van der Waals surface area contributed by atoms with Crippen LogP contribution in [0.2, 0.25) is 0 Å². The molecule has 1 rings (SSSR count). The molecule has 7 nitrogen and oxygen atoms in total. The summed E-state index contributed by atoms with van der Waals surface area (Å²) in [5.74, 6) is -2.09. The molecule has 0 unspecified atom stereocenters. The predicted octanol–water partition coefficient (Wildman–Crippen LogP) is 0.206. The van der Waals surface area contributed by atoms with Crippen molar-refractivity contribution in [3.05, 3.63) is 35.4 Å². The maximum Gasteiger partial charge on any atom is 0.326 e. The van der Waals surface area contributed by atoms with Crippen LogP contribution in [-0.2, 0) is 31.9 Å². The number of hydrogen-bond donors (Lipinski definition) is 3. The average Bonchev–Trinajstić information content (AvgIpc) is 2.28. The number of benzene rings is 1. The molecule has 1 atom stereocenters. The predicted molar refractivity (Wildman–Crippen MR) is 70.6 cm³/mol. The highest BCUT2D eigenvalue weighted by Gasteiger charge is 2.18. The van der Waals surface area contributed by atoms with E-state index in [0.717, 1.165) is 0 Å². The Morgan fingerprint density at radius 3 is 2.10 bits per heavy atom. The number of carboxylic acid groups (broad SMARTS) is 1. The first kappa shape index (κ1) is 16.1. The van der Waals surface area contributed by atoms with Gasteiger partial charge in [-0.3, -0.25) is 9.35 Å². The van der Waals surface area contributed by atoms with E-state index in [1.165, 1.54) is 19.1 Å². The Kier molecular flexibility index (Phi) is 5.23. The van der Waals surface area contributed by atoms with Gasteiger partial charge in [-0.05, 0) is 11.1 Å². The van der Waals surface area contributed by atoms with Crippen molar-refractivity contribution in [1.82, 2.24) is 5.32 Å². The molecule has 1 amide bonds. The summed E-state index contributed by atoms with van der Waals surface area (Å²) in [6, 6.07) is 5.03. The van der Waals surface area contributed by atoms with Gasteiger partial charge in [0.25, 0.3) is 10.1 Å². The maximum atomic E-state index is 11.0. The van der Waals surface area contributed by atoms with E-state index in [1.54, 1.807) is 12.1 Å². The van der Waals surface area contributed by atoms with Gasteiger partial charge in [-0.2, -0.15) is 8.42 Å². The van der Waals surface area contributed by atoms with Gasteiger partial charge in [-0.25, -0.2) is 4.79 Å². The molecule has 0 radical (unpaired) electrons. The van der Waals surface area contributed by atoms with E-state index in [4.69, 9.17) is 9.66 Å². The van der Waals surface area contributed by atoms with Crippen molar-refractivity contribution in [3.8, 4) is 0 Å². The van der Waals surface area contributed by atoms with Gasteiger partial charge in [0.15, 0.2) is 0 Å². The zero-order chi connectivity index (χ0) is 15.3. The normalized spacial score (nSPS) is 12.7. The summed E-state index contributed by atoms with van der Waals surface area (Å²) in [5.41, 5.74) is 1.02. The van der Waals surface area contributed by atoms with E-state index in [9.17, 15) is 18.0 Å². The molecule has 0 heterocycles. The fourth-order valence-electron chi connectivity index (χ4n) is 1.66.